The van der Waals surface area contributed by atoms with Gasteiger partial charge in [-0.1, -0.05) is 57.2 Å². The summed E-state index contributed by atoms with van der Waals surface area (Å²) in [6, 6.07) is 7.92. The molecule has 0 aliphatic carbocycles. The molecule has 0 unspecified atom stereocenters. The van der Waals surface area contributed by atoms with E-state index in [0.29, 0.717) is 26.1 Å². The highest BCUT2D eigenvalue weighted by molar-refractivity contribution is 14.1. The lowest BCUT2D eigenvalue weighted by molar-refractivity contribution is -0.145. The van der Waals surface area contributed by atoms with Crippen LogP contribution in [0.4, 0.5) is 0 Å². The smallest absolute Gasteiger partial charge is 0.306 e. The van der Waals surface area contributed by atoms with Crippen LogP contribution in [0.15, 0.2) is 24.3 Å². The fraction of sp³-hybridized carbons (Fsp3) is 0.619. The first-order valence-corrected chi connectivity index (χ1v) is 10.8. The SMILES string of the molecule is CCCCOC(=O)CCCCCCCCC(=O)OCc1ccccc1I. The third kappa shape index (κ3) is 11.5. The summed E-state index contributed by atoms with van der Waals surface area (Å²) in [4.78, 5) is 23.2. The molecule has 1 aromatic rings. The zero-order valence-electron chi connectivity index (χ0n) is 15.8. The lowest BCUT2D eigenvalue weighted by Gasteiger charge is -2.07. The van der Waals surface area contributed by atoms with Gasteiger partial charge in [0.1, 0.15) is 6.61 Å². The van der Waals surface area contributed by atoms with Gasteiger partial charge >= 0.3 is 11.9 Å². The van der Waals surface area contributed by atoms with E-state index in [1.165, 1.54) is 0 Å². The molecule has 0 N–H and O–H groups in total. The monoisotopic (exact) mass is 474 g/mol. The van der Waals surface area contributed by atoms with Crippen molar-refractivity contribution in [3.05, 3.63) is 33.4 Å². The fourth-order valence-electron chi connectivity index (χ4n) is 2.49. The minimum absolute atomic E-state index is 0.0747. The van der Waals surface area contributed by atoms with E-state index in [-0.39, 0.29) is 11.9 Å². The van der Waals surface area contributed by atoms with E-state index < -0.39 is 0 Å². The summed E-state index contributed by atoms with van der Waals surface area (Å²) in [5, 5.41) is 0. The molecule has 26 heavy (non-hydrogen) atoms. The molecule has 1 aromatic carbocycles. The van der Waals surface area contributed by atoms with Gasteiger partial charge in [-0.05, 0) is 47.9 Å². The van der Waals surface area contributed by atoms with E-state index in [1.807, 2.05) is 24.3 Å². The van der Waals surface area contributed by atoms with Crippen molar-refractivity contribution in [3.8, 4) is 0 Å². The number of rotatable bonds is 14. The average molecular weight is 474 g/mol. The lowest BCUT2D eigenvalue weighted by atomic mass is 10.1. The van der Waals surface area contributed by atoms with Crippen molar-refractivity contribution in [2.45, 2.75) is 77.7 Å². The van der Waals surface area contributed by atoms with Gasteiger partial charge in [0.05, 0.1) is 6.61 Å². The highest BCUT2D eigenvalue weighted by Crippen LogP contribution is 2.14. The molecule has 0 saturated carbocycles. The highest BCUT2D eigenvalue weighted by Gasteiger charge is 2.06. The van der Waals surface area contributed by atoms with Gasteiger partial charge in [-0.15, -0.1) is 0 Å². The molecule has 0 aromatic heterocycles. The van der Waals surface area contributed by atoms with E-state index in [1.54, 1.807) is 0 Å². The second-order valence-corrected chi connectivity index (χ2v) is 7.61. The van der Waals surface area contributed by atoms with E-state index in [0.717, 1.165) is 60.5 Å². The molecule has 0 aliphatic heterocycles. The first kappa shape index (κ1) is 22.9. The summed E-state index contributed by atoms with van der Waals surface area (Å²) < 4.78 is 11.6. The third-order valence-electron chi connectivity index (χ3n) is 4.12. The van der Waals surface area contributed by atoms with Crippen LogP contribution in [0.1, 0.15) is 76.7 Å². The van der Waals surface area contributed by atoms with Gasteiger partial charge < -0.3 is 9.47 Å². The molecule has 0 fully saturated rings. The summed E-state index contributed by atoms with van der Waals surface area (Å²) in [5.41, 5.74) is 1.05. The number of benzene rings is 1. The summed E-state index contributed by atoms with van der Waals surface area (Å²) in [6.45, 7) is 2.98. The molecule has 146 valence electrons. The minimum atomic E-state index is -0.125. The molecule has 4 nitrogen and oxygen atoms in total. The van der Waals surface area contributed by atoms with Crippen LogP contribution < -0.4 is 0 Å². The molecule has 0 aliphatic rings. The number of unbranched alkanes of at least 4 members (excludes halogenated alkanes) is 6. The van der Waals surface area contributed by atoms with Crippen molar-refractivity contribution in [1.82, 2.24) is 0 Å². The molecule has 0 bridgehead atoms. The van der Waals surface area contributed by atoms with Crippen LogP contribution in [-0.2, 0) is 25.7 Å². The molecular weight excluding hydrogens is 443 g/mol. The van der Waals surface area contributed by atoms with Crippen molar-refractivity contribution in [1.29, 1.82) is 0 Å². The molecule has 5 heteroatoms. The van der Waals surface area contributed by atoms with E-state index in [2.05, 4.69) is 29.5 Å². The molecule has 0 heterocycles. The summed E-state index contributed by atoms with van der Waals surface area (Å²) in [7, 11) is 0. The summed E-state index contributed by atoms with van der Waals surface area (Å²) >= 11 is 2.25. The van der Waals surface area contributed by atoms with Gasteiger partial charge in [-0.25, -0.2) is 0 Å². The van der Waals surface area contributed by atoms with Gasteiger partial charge in [-0.3, -0.25) is 9.59 Å². The molecule has 0 atom stereocenters. The molecule has 0 amide bonds. The minimum Gasteiger partial charge on any atom is -0.466 e. The van der Waals surface area contributed by atoms with Crippen molar-refractivity contribution in [2.75, 3.05) is 6.61 Å². The first-order chi connectivity index (χ1) is 12.6. The number of esters is 2. The molecule has 1 rings (SSSR count). The number of halogens is 1. The van der Waals surface area contributed by atoms with Gasteiger partial charge in [0.25, 0.3) is 0 Å². The first-order valence-electron chi connectivity index (χ1n) is 9.68. The Balaban J connectivity index is 1.93. The molecule has 0 saturated heterocycles. The van der Waals surface area contributed by atoms with E-state index in [9.17, 15) is 9.59 Å². The van der Waals surface area contributed by atoms with Crippen LogP contribution in [-0.4, -0.2) is 18.5 Å². The van der Waals surface area contributed by atoms with Crippen LogP contribution >= 0.6 is 22.6 Å². The standard InChI is InChI=1S/C21H31IO4/c1-2-3-16-25-20(23)14-8-6-4-5-7-9-15-21(24)26-17-18-12-10-11-13-19(18)22/h10-13H,2-9,14-17H2,1H3. The zero-order chi connectivity index (χ0) is 19.0. The van der Waals surface area contributed by atoms with Crippen LogP contribution in [0, 0.1) is 3.57 Å². The molecular formula is C21H31IO4. The number of carbonyl (C=O) groups is 2. The van der Waals surface area contributed by atoms with Crippen molar-refractivity contribution >= 4 is 34.5 Å². The zero-order valence-corrected chi connectivity index (χ0v) is 18.0. The summed E-state index contributed by atoms with van der Waals surface area (Å²) in [6.07, 6.45) is 9.01. The Morgan fingerprint density at radius 3 is 2.04 bits per heavy atom. The van der Waals surface area contributed by atoms with Gasteiger partial charge in [0, 0.05) is 22.0 Å². The Kier molecular flexibility index (Phi) is 13.2. The molecule has 0 spiro atoms. The Hall–Kier alpha value is -1.11. The number of ether oxygens (including phenoxy) is 2. The Morgan fingerprint density at radius 1 is 0.846 bits per heavy atom. The predicted molar refractivity (Wildman–Crippen MR) is 112 cm³/mol. The predicted octanol–water partition coefficient (Wildman–Crippen LogP) is 5.80. The fourth-order valence-corrected chi connectivity index (χ4v) is 3.04. The Bertz CT molecular complexity index is 530. The van der Waals surface area contributed by atoms with E-state index >= 15 is 0 Å². The van der Waals surface area contributed by atoms with Crippen LogP contribution in [0.2, 0.25) is 0 Å². The van der Waals surface area contributed by atoms with Crippen molar-refractivity contribution in [2.24, 2.45) is 0 Å². The Labute approximate surface area is 171 Å². The number of hydrogen-bond acceptors (Lipinski definition) is 4. The van der Waals surface area contributed by atoms with Crippen molar-refractivity contribution in [3.63, 3.8) is 0 Å². The second-order valence-electron chi connectivity index (χ2n) is 6.45. The topological polar surface area (TPSA) is 52.6 Å². The van der Waals surface area contributed by atoms with Crippen molar-refractivity contribution < 1.29 is 19.1 Å². The van der Waals surface area contributed by atoms with Crippen LogP contribution in [0.5, 0.6) is 0 Å². The van der Waals surface area contributed by atoms with Crippen LogP contribution in [0.25, 0.3) is 0 Å². The number of carbonyl (C=O) groups excluding carboxylic acids is 2. The van der Waals surface area contributed by atoms with E-state index in [4.69, 9.17) is 9.47 Å². The maximum atomic E-state index is 11.8. The average Bonchev–Trinajstić information content (AvgIpc) is 2.63. The maximum absolute atomic E-state index is 11.8. The molecule has 0 radical (unpaired) electrons. The van der Waals surface area contributed by atoms with Gasteiger partial charge in [0.2, 0.25) is 0 Å². The van der Waals surface area contributed by atoms with Gasteiger partial charge in [-0.2, -0.15) is 0 Å². The van der Waals surface area contributed by atoms with Gasteiger partial charge in [0.15, 0.2) is 0 Å². The number of hydrogen-bond donors (Lipinski definition) is 0. The second kappa shape index (κ2) is 15.0. The summed E-state index contributed by atoms with van der Waals surface area (Å²) in [5.74, 6) is -0.200. The third-order valence-corrected chi connectivity index (χ3v) is 5.17. The Morgan fingerprint density at radius 2 is 1.42 bits per heavy atom. The largest absolute Gasteiger partial charge is 0.466 e. The highest BCUT2D eigenvalue weighted by atomic mass is 127. The maximum Gasteiger partial charge on any atom is 0.306 e. The van der Waals surface area contributed by atoms with Crippen LogP contribution in [0.3, 0.4) is 0 Å². The normalized spacial score (nSPS) is 10.5. The quantitative estimate of drug-likeness (QED) is 0.194. The lowest BCUT2D eigenvalue weighted by Crippen LogP contribution is -2.05.